The molecule has 1 heteroatoms. The molecule has 0 atom stereocenters. The molecule has 0 fully saturated rings. The van der Waals surface area contributed by atoms with Gasteiger partial charge in [-0.05, 0) is 86.5 Å². The third-order valence-corrected chi connectivity index (χ3v) is 7.94. The second kappa shape index (κ2) is 10.3. The van der Waals surface area contributed by atoms with Crippen LogP contribution in [0.5, 0.6) is 0 Å². The summed E-state index contributed by atoms with van der Waals surface area (Å²) in [5.41, 5.74) is 10.7. The summed E-state index contributed by atoms with van der Waals surface area (Å²) in [6.07, 6.45) is 9.55. The molecular weight excluding hydrogens is 482 g/mol. The highest BCUT2D eigenvalue weighted by Gasteiger charge is 2.17. The van der Waals surface area contributed by atoms with Gasteiger partial charge in [-0.2, -0.15) is 0 Å². The molecule has 0 radical (unpaired) electrons. The van der Waals surface area contributed by atoms with Crippen LogP contribution in [-0.4, -0.2) is 4.98 Å². The Morgan fingerprint density at radius 1 is 0.550 bits per heavy atom. The lowest BCUT2D eigenvalue weighted by molar-refractivity contribution is 1.21. The van der Waals surface area contributed by atoms with Gasteiger partial charge in [0.15, 0.2) is 0 Å². The Morgan fingerprint density at radius 2 is 1.18 bits per heavy atom. The molecule has 1 aromatic heterocycles. The first kappa shape index (κ1) is 24.1. The third-order valence-electron chi connectivity index (χ3n) is 7.94. The van der Waals surface area contributed by atoms with Crippen LogP contribution in [0.25, 0.3) is 60.6 Å². The summed E-state index contributed by atoms with van der Waals surface area (Å²) in [7, 11) is 0. The molecule has 0 bridgehead atoms. The van der Waals surface area contributed by atoms with E-state index in [4.69, 9.17) is 4.98 Å². The van der Waals surface area contributed by atoms with Gasteiger partial charge in [-0.15, -0.1) is 0 Å². The van der Waals surface area contributed by atoms with Crippen LogP contribution in [0.3, 0.4) is 0 Å². The number of allylic oxidation sites excluding steroid dienone is 6. The normalized spacial score (nSPS) is 14.1. The van der Waals surface area contributed by atoms with E-state index in [1.54, 1.807) is 0 Å². The van der Waals surface area contributed by atoms with Crippen molar-refractivity contribution in [3.63, 3.8) is 0 Å². The number of rotatable bonds is 4. The Morgan fingerprint density at radius 3 is 1.82 bits per heavy atom. The number of fused-ring (bicyclic) bond motifs is 2. The SMILES string of the molecule is C/C(=C1/C=CC=CC1)c1cccc(-c2ccc3c(-c4ccccc4)c4ccccc4c(-c4ccccc4)c3c2)n1. The molecule has 0 N–H and O–H groups in total. The smallest absolute Gasteiger partial charge is 0.0709 e. The number of hydrogen-bond acceptors (Lipinski definition) is 1. The zero-order valence-electron chi connectivity index (χ0n) is 22.5. The maximum Gasteiger partial charge on any atom is 0.0709 e. The topological polar surface area (TPSA) is 12.9 Å². The third kappa shape index (κ3) is 4.26. The summed E-state index contributed by atoms with van der Waals surface area (Å²) >= 11 is 0. The molecule has 0 aliphatic heterocycles. The van der Waals surface area contributed by atoms with Crippen LogP contribution in [0.15, 0.2) is 151 Å². The maximum atomic E-state index is 5.15. The quantitative estimate of drug-likeness (QED) is 0.215. The van der Waals surface area contributed by atoms with Gasteiger partial charge in [0.05, 0.1) is 11.4 Å². The second-order valence-corrected chi connectivity index (χ2v) is 10.3. The van der Waals surface area contributed by atoms with Crippen molar-refractivity contribution in [2.24, 2.45) is 0 Å². The molecule has 1 nitrogen and oxygen atoms in total. The molecule has 1 aliphatic carbocycles. The van der Waals surface area contributed by atoms with E-state index in [0.29, 0.717) is 0 Å². The minimum absolute atomic E-state index is 0.944. The van der Waals surface area contributed by atoms with Gasteiger partial charge in [0.25, 0.3) is 0 Å². The van der Waals surface area contributed by atoms with Crippen LogP contribution in [-0.2, 0) is 0 Å². The molecule has 0 amide bonds. The number of benzene rings is 5. The van der Waals surface area contributed by atoms with Crippen molar-refractivity contribution in [3.05, 3.63) is 157 Å². The Kier molecular flexibility index (Phi) is 6.18. The molecule has 1 heterocycles. The van der Waals surface area contributed by atoms with E-state index in [-0.39, 0.29) is 0 Å². The van der Waals surface area contributed by atoms with Gasteiger partial charge in [0, 0.05) is 5.56 Å². The van der Waals surface area contributed by atoms with Gasteiger partial charge in [-0.25, -0.2) is 4.98 Å². The molecule has 5 aromatic carbocycles. The Bertz CT molecular complexity index is 1960. The fraction of sp³-hybridized carbons (Fsp3) is 0.0513. The van der Waals surface area contributed by atoms with E-state index in [1.165, 1.54) is 54.9 Å². The van der Waals surface area contributed by atoms with E-state index in [9.17, 15) is 0 Å². The van der Waals surface area contributed by atoms with Crippen LogP contribution < -0.4 is 0 Å². The van der Waals surface area contributed by atoms with Crippen molar-refractivity contribution in [1.29, 1.82) is 0 Å². The first-order valence-electron chi connectivity index (χ1n) is 13.9. The lowest BCUT2D eigenvalue weighted by atomic mass is 9.85. The summed E-state index contributed by atoms with van der Waals surface area (Å²) in [6, 6.07) is 43.6. The van der Waals surface area contributed by atoms with E-state index in [0.717, 1.165) is 23.4 Å². The predicted octanol–water partition coefficient (Wildman–Crippen LogP) is 10.7. The highest BCUT2D eigenvalue weighted by Crippen LogP contribution is 2.44. The van der Waals surface area contributed by atoms with Gasteiger partial charge in [-0.1, -0.05) is 127 Å². The van der Waals surface area contributed by atoms with Crippen molar-refractivity contribution < 1.29 is 0 Å². The average molecular weight is 512 g/mol. The van der Waals surface area contributed by atoms with E-state index in [2.05, 4.69) is 153 Å². The fourth-order valence-electron chi connectivity index (χ4n) is 5.93. The Hall–Kier alpha value is -5.01. The molecule has 6 aromatic rings. The van der Waals surface area contributed by atoms with Crippen LogP contribution >= 0.6 is 0 Å². The van der Waals surface area contributed by atoms with Crippen molar-refractivity contribution in [3.8, 4) is 33.5 Å². The van der Waals surface area contributed by atoms with E-state index in [1.807, 2.05) is 0 Å². The second-order valence-electron chi connectivity index (χ2n) is 10.3. The van der Waals surface area contributed by atoms with Crippen LogP contribution in [0, 0.1) is 0 Å². The highest BCUT2D eigenvalue weighted by atomic mass is 14.7. The molecule has 0 saturated carbocycles. The highest BCUT2D eigenvalue weighted by molar-refractivity contribution is 6.21. The zero-order valence-corrected chi connectivity index (χ0v) is 22.5. The van der Waals surface area contributed by atoms with Crippen molar-refractivity contribution in [2.75, 3.05) is 0 Å². The monoisotopic (exact) mass is 511 g/mol. The summed E-state index contributed by atoms with van der Waals surface area (Å²) in [5, 5.41) is 5.02. The van der Waals surface area contributed by atoms with Crippen LogP contribution in [0.1, 0.15) is 19.0 Å². The largest absolute Gasteiger partial charge is 0.248 e. The minimum atomic E-state index is 0.944. The summed E-state index contributed by atoms with van der Waals surface area (Å²) in [6.45, 7) is 2.18. The standard InChI is InChI=1S/C39H29N/c1-27(28-14-5-2-6-15-28)36-22-13-23-37(40-36)31-24-25-34-35(26-31)39(30-18-9-4-10-19-30)33-21-12-11-20-32(33)38(34)29-16-7-3-8-17-29/h2-14,16-26H,15H2,1H3/b28-27+. The molecule has 0 unspecified atom stereocenters. The number of pyridine rings is 1. The average Bonchev–Trinajstić information content (AvgIpc) is 3.04. The van der Waals surface area contributed by atoms with Gasteiger partial charge in [0.1, 0.15) is 0 Å². The first-order chi connectivity index (χ1) is 19.8. The Balaban J connectivity index is 1.50. The van der Waals surface area contributed by atoms with Crippen molar-refractivity contribution >= 4 is 27.1 Å². The summed E-state index contributed by atoms with van der Waals surface area (Å²) < 4.78 is 0. The minimum Gasteiger partial charge on any atom is -0.248 e. The summed E-state index contributed by atoms with van der Waals surface area (Å²) in [5.74, 6) is 0. The van der Waals surface area contributed by atoms with Crippen molar-refractivity contribution in [1.82, 2.24) is 4.98 Å². The van der Waals surface area contributed by atoms with Crippen molar-refractivity contribution in [2.45, 2.75) is 13.3 Å². The zero-order chi connectivity index (χ0) is 26.9. The lowest BCUT2D eigenvalue weighted by Gasteiger charge is -2.18. The number of aromatic nitrogens is 1. The molecule has 0 saturated heterocycles. The molecule has 0 spiro atoms. The van der Waals surface area contributed by atoms with E-state index < -0.39 is 0 Å². The van der Waals surface area contributed by atoms with Gasteiger partial charge < -0.3 is 0 Å². The van der Waals surface area contributed by atoms with Gasteiger partial charge in [-0.3, -0.25) is 0 Å². The first-order valence-corrected chi connectivity index (χ1v) is 13.9. The van der Waals surface area contributed by atoms with Gasteiger partial charge in [0.2, 0.25) is 0 Å². The van der Waals surface area contributed by atoms with Crippen LogP contribution in [0.2, 0.25) is 0 Å². The summed E-state index contributed by atoms with van der Waals surface area (Å²) in [4.78, 5) is 5.15. The lowest BCUT2D eigenvalue weighted by Crippen LogP contribution is -1.95. The predicted molar refractivity (Wildman–Crippen MR) is 171 cm³/mol. The van der Waals surface area contributed by atoms with E-state index >= 15 is 0 Å². The molecule has 190 valence electrons. The fourth-order valence-corrected chi connectivity index (χ4v) is 5.93. The van der Waals surface area contributed by atoms with Crippen LogP contribution in [0.4, 0.5) is 0 Å². The molecule has 1 aliphatic rings. The van der Waals surface area contributed by atoms with Gasteiger partial charge >= 0.3 is 0 Å². The maximum absolute atomic E-state index is 5.15. The number of nitrogens with zero attached hydrogens (tertiary/aromatic N) is 1. The Labute approximate surface area is 235 Å². The molecule has 40 heavy (non-hydrogen) atoms. The number of hydrogen-bond donors (Lipinski definition) is 0. The molecular formula is C39H29N. The molecule has 7 rings (SSSR count).